The molecule has 0 aliphatic carbocycles. The van der Waals surface area contributed by atoms with Gasteiger partial charge in [-0.1, -0.05) is 32.9 Å². The Morgan fingerprint density at radius 1 is 1.39 bits per heavy atom. The van der Waals surface area contributed by atoms with Gasteiger partial charge in [0.25, 0.3) is 0 Å². The van der Waals surface area contributed by atoms with Crippen LogP contribution in [0.5, 0.6) is 0 Å². The fraction of sp³-hybridized carbons (Fsp3) is 0.357. The number of hydrazine groups is 1. The summed E-state index contributed by atoms with van der Waals surface area (Å²) in [6, 6.07) is 8.10. The van der Waals surface area contributed by atoms with Crippen LogP contribution in [0.25, 0.3) is 10.9 Å². The molecule has 96 valence electrons. The van der Waals surface area contributed by atoms with Gasteiger partial charge in [-0.2, -0.15) is 0 Å². The van der Waals surface area contributed by atoms with E-state index in [2.05, 4.69) is 48.2 Å². The minimum atomic E-state index is -0.00876. The van der Waals surface area contributed by atoms with Crippen LogP contribution in [-0.4, -0.2) is 4.98 Å². The van der Waals surface area contributed by atoms with Crippen LogP contribution in [0, 0.1) is 0 Å². The van der Waals surface area contributed by atoms with E-state index in [0.717, 1.165) is 33.2 Å². The standard InChI is InChI=1S/C14H18BrN3/c1-4-14(2,3)13-11(18-16)8-9-6-5-7-10(15)12(9)17-13/h5-8,18H,4,16H2,1-3H3. The summed E-state index contributed by atoms with van der Waals surface area (Å²) in [7, 11) is 0. The predicted molar refractivity (Wildman–Crippen MR) is 80.6 cm³/mol. The molecule has 0 aliphatic heterocycles. The fourth-order valence-electron chi connectivity index (χ4n) is 1.96. The molecular formula is C14H18BrN3. The number of nitrogen functional groups attached to an aromatic ring is 1. The summed E-state index contributed by atoms with van der Waals surface area (Å²) in [6.45, 7) is 6.52. The Kier molecular flexibility index (Phi) is 3.59. The Morgan fingerprint density at radius 2 is 2.11 bits per heavy atom. The molecule has 0 aliphatic rings. The first-order chi connectivity index (χ1) is 8.49. The zero-order chi connectivity index (χ0) is 13.3. The lowest BCUT2D eigenvalue weighted by Crippen LogP contribution is -2.22. The van der Waals surface area contributed by atoms with Crippen molar-refractivity contribution in [1.29, 1.82) is 0 Å². The van der Waals surface area contributed by atoms with Crippen molar-refractivity contribution in [2.24, 2.45) is 5.84 Å². The largest absolute Gasteiger partial charge is 0.322 e. The minimum absolute atomic E-state index is 0.00876. The monoisotopic (exact) mass is 307 g/mol. The number of nitrogens with two attached hydrogens (primary N) is 1. The molecule has 4 heteroatoms. The van der Waals surface area contributed by atoms with Crippen molar-refractivity contribution in [3.8, 4) is 0 Å². The molecule has 0 saturated heterocycles. The molecule has 0 radical (unpaired) electrons. The molecule has 3 nitrogen and oxygen atoms in total. The third-order valence-electron chi connectivity index (χ3n) is 3.48. The van der Waals surface area contributed by atoms with Crippen molar-refractivity contribution in [1.82, 2.24) is 4.98 Å². The number of rotatable bonds is 3. The normalized spacial score (nSPS) is 11.8. The number of nitrogens with zero attached hydrogens (tertiary/aromatic N) is 1. The highest BCUT2D eigenvalue weighted by Gasteiger charge is 2.24. The molecule has 0 atom stereocenters. The summed E-state index contributed by atoms with van der Waals surface area (Å²) in [5.41, 5.74) is 5.64. The first-order valence-electron chi connectivity index (χ1n) is 6.06. The quantitative estimate of drug-likeness (QED) is 0.666. The summed E-state index contributed by atoms with van der Waals surface area (Å²) in [6.07, 6.45) is 1.00. The second-order valence-electron chi connectivity index (χ2n) is 5.08. The Labute approximate surface area is 116 Å². The SMILES string of the molecule is CCC(C)(C)c1nc2c(Br)cccc2cc1NN. The highest BCUT2D eigenvalue weighted by Crippen LogP contribution is 2.34. The maximum absolute atomic E-state index is 5.63. The summed E-state index contributed by atoms with van der Waals surface area (Å²) in [5.74, 6) is 5.63. The Morgan fingerprint density at radius 3 is 2.72 bits per heavy atom. The lowest BCUT2D eigenvalue weighted by molar-refractivity contribution is 0.493. The molecule has 1 heterocycles. The van der Waals surface area contributed by atoms with E-state index in [9.17, 15) is 0 Å². The summed E-state index contributed by atoms with van der Waals surface area (Å²) in [5, 5.41) is 1.08. The Bertz CT molecular complexity index is 579. The molecule has 3 N–H and O–H groups in total. The van der Waals surface area contributed by atoms with Crippen LogP contribution in [0.2, 0.25) is 0 Å². The van der Waals surface area contributed by atoms with Gasteiger partial charge in [-0.3, -0.25) is 5.84 Å². The molecular weight excluding hydrogens is 290 g/mol. The molecule has 0 bridgehead atoms. The molecule has 0 unspecified atom stereocenters. The number of aromatic nitrogens is 1. The molecule has 2 aromatic rings. The minimum Gasteiger partial charge on any atom is -0.322 e. The van der Waals surface area contributed by atoms with Crippen molar-refractivity contribution in [3.05, 3.63) is 34.4 Å². The summed E-state index contributed by atoms with van der Waals surface area (Å²) in [4.78, 5) is 4.80. The van der Waals surface area contributed by atoms with Gasteiger partial charge in [-0.25, -0.2) is 4.98 Å². The summed E-state index contributed by atoms with van der Waals surface area (Å²) < 4.78 is 1.01. The van der Waals surface area contributed by atoms with Crippen molar-refractivity contribution >= 4 is 32.5 Å². The second kappa shape index (κ2) is 4.86. The van der Waals surface area contributed by atoms with Crippen LogP contribution in [0.3, 0.4) is 0 Å². The molecule has 0 fully saturated rings. The van der Waals surface area contributed by atoms with Crippen LogP contribution < -0.4 is 11.3 Å². The molecule has 18 heavy (non-hydrogen) atoms. The molecule has 1 aromatic carbocycles. The van der Waals surface area contributed by atoms with Gasteiger partial charge in [0.05, 0.1) is 16.9 Å². The number of fused-ring (bicyclic) bond motifs is 1. The van der Waals surface area contributed by atoms with Gasteiger partial charge in [0.2, 0.25) is 0 Å². The van der Waals surface area contributed by atoms with E-state index in [1.54, 1.807) is 0 Å². The van der Waals surface area contributed by atoms with Gasteiger partial charge in [-0.15, -0.1) is 0 Å². The highest BCUT2D eigenvalue weighted by atomic mass is 79.9. The molecule has 1 aromatic heterocycles. The first-order valence-corrected chi connectivity index (χ1v) is 6.85. The van der Waals surface area contributed by atoms with E-state index < -0.39 is 0 Å². The van der Waals surface area contributed by atoms with E-state index in [0.29, 0.717) is 0 Å². The maximum Gasteiger partial charge on any atom is 0.0849 e. The number of benzene rings is 1. The van der Waals surface area contributed by atoms with Gasteiger partial charge >= 0.3 is 0 Å². The third kappa shape index (κ3) is 2.22. The zero-order valence-electron chi connectivity index (χ0n) is 10.9. The van der Waals surface area contributed by atoms with E-state index in [1.807, 2.05) is 18.2 Å². The van der Waals surface area contributed by atoms with Crippen LogP contribution in [0.15, 0.2) is 28.7 Å². The molecule has 2 rings (SSSR count). The average molecular weight is 308 g/mol. The molecule has 0 saturated carbocycles. The van der Waals surface area contributed by atoms with Crippen molar-refractivity contribution < 1.29 is 0 Å². The first kappa shape index (κ1) is 13.3. The number of hydrogen-bond acceptors (Lipinski definition) is 3. The lowest BCUT2D eigenvalue weighted by atomic mass is 9.85. The number of hydrogen-bond donors (Lipinski definition) is 2. The topological polar surface area (TPSA) is 50.9 Å². The van der Waals surface area contributed by atoms with Crippen LogP contribution in [0.4, 0.5) is 5.69 Å². The van der Waals surface area contributed by atoms with Gasteiger partial charge in [-0.05, 0) is 34.5 Å². The number of para-hydroxylation sites is 1. The molecule has 0 spiro atoms. The van der Waals surface area contributed by atoms with Crippen molar-refractivity contribution in [2.45, 2.75) is 32.6 Å². The second-order valence-corrected chi connectivity index (χ2v) is 5.93. The van der Waals surface area contributed by atoms with Gasteiger partial charge in [0.15, 0.2) is 0 Å². The zero-order valence-corrected chi connectivity index (χ0v) is 12.5. The van der Waals surface area contributed by atoms with Gasteiger partial charge in [0, 0.05) is 15.3 Å². The van der Waals surface area contributed by atoms with Crippen LogP contribution in [-0.2, 0) is 5.41 Å². The highest BCUT2D eigenvalue weighted by molar-refractivity contribution is 9.10. The molecule has 0 amide bonds. The fourth-order valence-corrected chi connectivity index (χ4v) is 2.43. The third-order valence-corrected chi connectivity index (χ3v) is 4.12. The number of nitrogens with one attached hydrogen (secondary N) is 1. The Hall–Kier alpha value is -1.13. The Balaban J connectivity index is 2.76. The van der Waals surface area contributed by atoms with Crippen LogP contribution >= 0.6 is 15.9 Å². The van der Waals surface area contributed by atoms with E-state index in [4.69, 9.17) is 10.8 Å². The van der Waals surface area contributed by atoms with Crippen LogP contribution in [0.1, 0.15) is 32.9 Å². The van der Waals surface area contributed by atoms with Gasteiger partial charge < -0.3 is 5.43 Å². The predicted octanol–water partition coefficient (Wildman–Crippen LogP) is 3.97. The van der Waals surface area contributed by atoms with Crippen molar-refractivity contribution in [3.63, 3.8) is 0 Å². The summed E-state index contributed by atoms with van der Waals surface area (Å²) >= 11 is 3.55. The smallest absolute Gasteiger partial charge is 0.0849 e. The number of pyridine rings is 1. The van der Waals surface area contributed by atoms with E-state index >= 15 is 0 Å². The lowest BCUT2D eigenvalue weighted by Gasteiger charge is -2.25. The van der Waals surface area contributed by atoms with Gasteiger partial charge in [0.1, 0.15) is 0 Å². The van der Waals surface area contributed by atoms with Crippen molar-refractivity contribution in [2.75, 3.05) is 5.43 Å². The average Bonchev–Trinajstić information content (AvgIpc) is 2.37. The van der Waals surface area contributed by atoms with E-state index in [-0.39, 0.29) is 5.41 Å². The number of halogens is 1. The maximum atomic E-state index is 5.63. The van der Waals surface area contributed by atoms with E-state index in [1.165, 1.54) is 0 Å². The number of anilines is 1.